The lowest BCUT2D eigenvalue weighted by Crippen LogP contribution is -2.39. The summed E-state index contributed by atoms with van der Waals surface area (Å²) >= 11 is 1.50. The number of morpholine rings is 1. The molecule has 1 aliphatic rings. The Kier molecular flexibility index (Phi) is 11.4. The van der Waals surface area contributed by atoms with Crippen molar-refractivity contribution >= 4 is 34.8 Å². The molecule has 4 rings (SSSR count). The zero-order valence-corrected chi connectivity index (χ0v) is 26.2. The number of ether oxygens (including phenoxy) is 3. The van der Waals surface area contributed by atoms with Gasteiger partial charge in [0.25, 0.3) is 0 Å². The number of benzene rings is 2. The topological polar surface area (TPSA) is 85.6 Å². The molecule has 11 heteroatoms. The lowest BCUT2D eigenvalue weighted by Gasteiger charge is -2.29. The van der Waals surface area contributed by atoms with Gasteiger partial charge in [-0.1, -0.05) is 12.1 Å². The van der Waals surface area contributed by atoms with Crippen LogP contribution in [0.1, 0.15) is 40.5 Å². The number of aromatic nitrogens is 1. The summed E-state index contributed by atoms with van der Waals surface area (Å²) in [5.41, 5.74) is 3.17. The molecule has 2 aromatic carbocycles. The number of hydrogen-bond acceptors (Lipinski definition) is 8. The molecular formula is C32H41FN4O5S. The van der Waals surface area contributed by atoms with Crippen LogP contribution in [0.25, 0.3) is 11.3 Å². The number of rotatable bonds is 11. The number of amides is 1. The SMILES string of the molecule is CCOC(=O)CCN(CCCn1c(-c2ccc(N3CCOCC3)cc2)csc1=Nc1ccc(F)cc1)C(=O)OC(C)(C)C. The van der Waals surface area contributed by atoms with Crippen molar-refractivity contribution in [2.45, 2.75) is 52.7 Å². The average molecular weight is 613 g/mol. The highest BCUT2D eigenvalue weighted by Crippen LogP contribution is 2.25. The minimum absolute atomic E-state index is 0.0879. The van der Waals surface area contributed by atoms with Crippen molar-refractivity contribution in [3.63, 3.8) is 0 Å². The van der Waals surface area contributed by atoms with Crippen LogP contribution in [-0.2, 0) is 25.5 Å². The maximum absolute atomic E-state index is 13.5. The van der Waals surface area contributed by atoms with E-state index in [1.807, 2.05) is 20.8 Å². The quantitative estimate of drug-likeness (QED) is 0.247. The number of anilines is 1. The molecule has 0 spiro atoms. The summed E-state index contributed by atoms with van der Waals surface area (Å²) < 4.78 is 31.8. The minimum Gasteiger partial charge on any atom is -0.466 e. The molecule has 2 heterocycles. The van der Waals surface area contributed by atoms with Crippen LogP contribution in [0.3, 0.4) is 0 Å². The summed E-state index contributed by atoms with van der Waals surface area (Å²) in [5, 5.41) is 2.07. The van der Waals surface area contributed by atoms with Crippen LogP contribution in [0, 0.1) is 5.82 Å². The van der Waals surface area contributed by atoms with Crippen molar-refractivity contribution in [3.8, 4) is 11.3 Å². The molecule has 0 aliphatic carbocycles. The predicted octanol–water partition coefficient (Wildman–Crippen LogP) is 6.01. The fourth-order valence-electron chi connectivity index (χ4n) is 4.66. The Morgan fingerprint density at radius 3 is 2.40 bits per heavy atom. The standard InChI is InChI=1S/C32H41FN4O5S/c1-5-41-29(38)15-18-36(31(39)42-32(2,3)4)16-6-17-37-28(23-43-30(37)34-26-11-9-25(33)10-12-26)24-7-13-27(14-8-24)35-19-21-40-22-20-35/h7-14,23H,5-6,15-22H2,1-4H3. The van der Waals surface area contributed by atoms with Crippen LogP contribution in [0.4, 0.5) is 20.6 Å². The van der Waals surface area contributed by atoms with Gasteiger partial charge < -0.3 is 28.6 Å². The fraction of sp³-hybridized carbons (Fsp3) is 0.469. The van der Waals surface area contributed by atoms with Gasteiger partial charge in [-0.3, -0.25) is 4.79 Å². The van der Waals surface area contributed by atoms with E-state index in [0.29, 0.717) is 25.2 Å². The zero-order chi connectivity index (χ0) is 30.8. The maximum Gasteiger partial charge on any atom is 0.410 e. The van der Waals surface area contributed by atoms with Gasteiger partial charge in [0.15, 0.2) is 4.80 Å². The second-order valence-electron chi connectivity index (χ2n) is 11.2. The fourth-order valence-corrected chi connectivity index (χ4v) is 5.61. The highest BCUT2D eigenvalue weighted by atomic mass is 32.1. The summed E-state index contributed by atoms with van der Waals surface area (Å²) in [5.74, 6) is -0.671. The first-order valence-corrected chi connectivity index (χ1v) is 15.6. The van der Waals surface area contributed by atoms with Crippen molar-refractivity contribution in [1.82, 2.24) is 9.47 Å². The van der Waals surface area contributed by atoms with E-state index in [2.05, 4.69) is 39.1 Å². The van der Waals surface area contributed by atoms with Gasteiger partial charge in [0, 0.05) is 43.8 Å². The molecule has 1 aliphatic heterocycles. The Morgan fingerprint density at radius 1 is 1.05 bits per heavy atom. The van der Waals surface area contributed by atoms with Crippen LogP contribution >= 0.6 is 11.3 Å². The number of hydrogen-bond donors (Lipinski definition) is 0. The molecule has 1 fully saturated rings. The summed E-state index contributed by atoms with van der Waals surface area (Å²) in [6.45, 7) is 11.8. The molecule has 1 aromatic heterocycles. The molecule has 0 atom stereocenters. The molecule has 0 bridgehead atoms. The number of nitrogens with zero attached hydrogens (tertiary/aromatic N) is 4. The minimum atomic E-state index is -0.664. The summed E-state index contributed by atoms with van der Waals surface area (Å²) in [6, 6.07) is 14.5. The van der Waals surface area contributed by atoms with E-state index in [-0.39, 0.29) is 31.4 Å². The average Bonchev–Trinajstić information content (AvgIpc) is 3.37. The molecule has 9 nitrogen and oxygen atoms in total. The van der Waals surface area contributed by atoms with Gasteiger partial charge in [-0.2, -0.15) is 0 Å². The lowest BCUT2D eigenvalue weighted by atomic mass is 10.1. The largest absolute Gasteiger partial charge is 0.466 e. The van der Waals surface area contributed by atoms with Crippen molar-refractivity contribution in [1.29, 1.82) is 0 Å². The molecule has 1 amide bonds. The second kappa shape index (κ2) is 15.2. The second-order valence-corrected chi connectivity index (χ2v) is 12.0. The number of halogens is 1. The van der Waals surface area contributed by atoms with Gasteiger partial charge in [-0.15, -0.1) is 11.3 Å². The molecule has 0 unspecified atom stereocenters. The first-order chi connectivity index (χ1) is 20.6. The molecule has 0 N–H and O–H groups in total. The van der Waals surface area contributed by atoms with Gasteiger partial charge in [0.2, 0.25) is 0 Å². The van der Waals surface area contributed by atoms with Crippen LogP contribution in [0.5, 0.6) is 0 Å². The Labute approximate surface area is 256 Å². The molecule has 0 radical (unpaired) electrons. The van der Waals surface area contributed by atoms with Crippen molar-refractivity contribution in [2.75, 3.05) is 50.9 Å². The van der Waals surface area contributed by atoms with Gasteiger partial charge in [0.1, 0.15) is 11.4 Å². The van der Waals surface area contributed by atoms with Gasteiger partial charge >= 0.3 is 12.1 Å². The maximum atomic E-state index is 13.5. The number of thiazole rings is 1. The molecule has 43 heavy (non-hydrogen) atoms. The molecule has 3 aromatic rings. The summed E-state index contributed by atoms with van der Waals surface area (Å²) in [6.07, 6.45) is 0.209. The number of esters is 1. The molecule has 1 saturated heterocycles. The van der Waals surface area contributed by atoms with Gasteiger partial charge in [-0.05, 0) is 76.1 Å². The van der Waals surface area contributed by atoms with Gasteiger partial charge in [-0.25, -0.2) is 14.2 Å². The van der Waals surface area contributed by atoms with E-state index in [4.69, 9.17) is 19.2 Å². The van der Waals surface area contributed by atoms with E-state index in [1.54, 1.807) is 24.0 Å². The van der Waals surface area contributed by atoms with E-state index >= 15 is 0 Å². The predicted molar refractivity (Wildman–Crippen MR) is 166 cm³/mol. The Morgan fingerprint density at radius 2 is 1.74 bits per heavy atom. The van der Waals surface area contributed by atoms with E-state index in [1.165, 1.54) is 23.5 Å². The van der Waals surface area contributed by atoms with Crippen LogP contribution in [0.15, 0.2) is 58.9 Å². The summed E-state index contributed by atoms with van der Waals surface area (Å²) in [4.78, 5) is 34.5. The Bertz CT molecular complexity index is 1410. The summed E-state index contributed by atoms with van der Waals surface area (Å²) in [7, 11) is 0. The first-order valence-electron chi connectivity index (χ1n) is 14.7. The van der Waals surface area contributed by atoms with Crippen molar-refractivity contribution in [3.05, 3.63) is 64.5 Å². The van der Waals surface area contributed by atoms with E-state index < -0.39 is 11.7 Å². The third-order valence-electron chi connectivity index (χ3n) is 6.74. The monoisotopic (exact) mass is 612 g/mol. The Hall–Kier alpha value is -3.70. The van der Waals surface area contributed by atoms with Crippen LogP contribution < -0.4 is 9.70 Å². The smallest absolute Gasteiger partial charge is 0.410 e. The van der Waals surface area contributed by atoms with E-state index in [9.17, 15) is 14.0 Å². The molecular weight excluding hydrogens is 571 g/mol. The van der Waals surface area contributed by atoms with Crippen LogP contribution in [-0.4, -0.2) is 73.1 Å². The Balaban J connectivity index is 1.57. The number of carbonyl (C=O) groups is 2. The molecule has 0 saturated carbocycles. The number of carbonyl (C=O) groups excluding carboxylic acids is 2. The van der Waals surface area contributed by atoms with Gasteiger partial charge in [0.05, 0.1) is 37.6 Å². The third kappa shape index (κ3) is 9.65. The van der Waals surface area contributed by atoms with E-state index in [0.717, 1.165) is 48.0 Å². The third-order valence-corrected chi connectivity index (χ3v) is 7.60. The normalized spacial score (nSPS) is 14.1. The van der Waals surface area contributed by atoms with Crippen molar-refractivity contribution < 1.29 is 28.2 Å². The van der Waals surface area contributed by atoms with Crippen LogP contribution in [0.2, 0.25) is 0 Å². The highest BCUT2D eigenvalue weighted by Gasteiger charge is 2.23. The highest BCUT2D eigenvalue weighted by molar-refractivity contribution is 7.07. The first kappa shape index (κ1) is 32.2. The molecule has 232 valence electrons. The zero-order valence-electron chi connectivity index (χ0n) is 25.4. The van der Waals surface area contributed by atoms with Crippen molar-refractivity contribution in [2.24, 2.45) is 4.99 Å². The lowest BCUT2D eigenvalue weighted by molar-refractivity contribution is -0.143.